The van der Waals surface area contributed by atoms with Gasteiger partial charge in [0.05, 0.1) is 11.1 Å². The molecule has 0 aliphatic carbocycles. The van der Waals surface area contributed by atoms with E-state index in [1.165, 1.54) is 11.8 Å². The summed E-state index contributed by atoms with van der Waals surface area (Å²) < 4.78 is 0. The number of aliphatic carboxylic acids is 1. The second kappa shape index (κ2) is 5.65. The van der Waals surface area contributed by atoms with Crippen LogP contribution in [-0.4, -0.2) is 34.3 Å². The first-order chi connectivity index (χ1) is 10.6. The van der Waals surface area contributed by atoms with E-state index < -0.39 is 24.3 Å². The largest absolute Gasteiger partial charge is 0.480 e. The van der Waals surface area contributed by atoms with Crippen LogP contribution in [0.2, 0.25) is 0 Å². The second-order valence-electron chi connectivity index (χ2n) is 4.71. The third-order valence-electron chi connectivity index (χ3n) is 3.21. The zero-order valence-electron chi connectivity index (χ0n) is 11.4. The molecular weight excluding hydrogens is 302 g/mol. The topological polar surface area (TPSA) is 74.7 Å². The number of carbonyl (C=O) groups is 3. The molecule has 0 fully saturated rings. The van der Waals surface area contributed by atoms with E-state index in [2.05, 4.69) is 0 Å². The summed E-state index contributed by atoms with van der Waals surface area (Å²) in [5.41, 5.74) is 0.510. The molecule has 2 aromatic rings. The fraction of sp³-hybridized carbons (Fsp3) is 0.0625. The number of benzene rings is 2. The van der Waals surface area contributed by atoms with Gasteiger partial charge < -0.3 is 5.11 Å². The molecule has 2 amide bonds. The van der Waals surface area contributed by atoms with Crippen molar-refractivity contribution in [2.45, 2.75) is 9.79 Å². The minimum Gasteiger partial charge on any atom is -0.480 e. The standard InChI is InChI=1S/C16H11NO4S/c18-14(19)9-17-15(20)12-7-6-11(8-13(12)16(17)21)22-10-4-2-1-3-5-10/h1-8H,9H2,(H,18,19). The Kier molecular flexibility index (Phi) is 3.68. The molecule has 2 aromatic carbocycles. The van der Waals surface area contributed by atoms with Gasteiger partial charge in [-0.25, -0.2) is 0 Å². The number of carbonyl (C=O) groups excluding carboxylic acids is 2. The van der Waals surface area contributed by atoms with Crippen LogP contribution in [-0.2, 0) is 4.79 Å². The van der Waals surface area contributed by atoms with Gasteiger partial charge in [0.15, 0.2) is 0 Å². The molecule has 22 heavy (non-hydrogen) atoms. The molecule has 0 saturated carbocycles. The Morgan fingerprint density at radius 1 is 0.955 bits per heavy atom. The summed E-state index contributed by atoms with van der Waals surface area (Å²) in [5, 5.41) is 8.79. The molecule has 0 unspecified atom stereocenters. The van der Waals surface area contributed by atoms with Gasteiger partial charge in [0.1, 0.15) is 6.54 Å². The third kappa shape index (κ3) is 2.60. The molecule has 0 spiro atoms. The van der Waals surface area contributed by atoms with Gasteiger partial charge in [0, 0.05) is 9.79 Å². The third-order valence-corrected chi connectivity index (χ3v) is 4.21. The maximum absolute atomic E-state index is 12.2. The Morgan fingerprint density at radius 2 is 1.64 bits per heavy atom. The molecule has 0 aromatic heterocycles. The van der Waals surface area contributed by atoms with Crippen LogP contribution in [0.1, 0.15) is 20.7 Å². The van der Waals surface area contributed by atoms with Gasteiger partial charge in [-0.2, -0.15) is 0 Å². The van der Waals surface area contributed by atoms with Crippen molar-refractivity contribution >= 4 is 29.5 Å². The van der Waals surface area contributed by atoms with Crippen molar-refractivity contribution in [2.24, 2.45) is 0 Å². The number of carboxylic acid groups (broad SMARTS) is 1. The molecule has 3 rings (SSSR count). The van der Waals surface area contributed by atoms with Gasteiger partial charge in [-0.3, -0.25) is 19.3 Å². The van der Waals surface area contributed by atoms with E-state index in [0.717, 1.165) is 14.7 Å². The molecule has 0 bridgehead atoms. The Hall–Kier alpha value is -2.60. The van der Waals surface area contributed by atoms with Crippen LogP contribution >= 0.6 is 11.8 Å². The zero-order chi connectivity index (χ0) is 15.7. The molecule has 0 saturated heterocycles. The van der Waals surface area contributed by atoms with E-state index in [-0.39, 0.29) is 11.1 Å². The number of carboxylic acids is 1. The number of imide groups is 1. The summed E-state index contributed by atoms with van der Waals surface area (Å²) in [6.45, 7) is -0.618. The number of fused-ring (bicyclic) bond motifs is 1. The molecule has 1 N–H and O–H groups in total. The van der Waals surface area contributed by atoms with Crippen LogP contribution in [0.15, 0.2) is 58.3 Å². The fourth-order valence-electron chi connectivity index (χ4n) is 2.24. The smallest absolute Gasteiger partial charge is 0.323 e. The summed E-state index contributed by atoms with van der Waals surface area (Å²) in [4.78, 5) is 37.6. The highest BCUT2D eigenvalue weighted by Gasteiger charge is 2.36. The van der Waals surface area contributed by atoms with E-state index in [1.54, 1.807) is 18.2 Å². The van der Waals surface area contributed by atoms with E-state index in [4.69, 9.17) is 5.11 Å². The lowest BCUT2D eigenvalue weighted by Crippen LogP contribution is -2.34. The molecule has 1 aliphatic heterocycles. The van der Waals surface area contributed by atoms with E-state index >= 15 is 0 Å². The highest BCUT2D eigenvalue weighted by Crippen LogP contribution is 2.32. The van der Waals surface area contributed by atoms with Crippen molar-refractivity contribution in [2.75, 3.05) is 6.54 Å². The molecule has 1 aliphatic rings. The van der Waals surface area contributed by atoms with E-state index in [1.807, 2.05) is 30.3 Å². The quantitative estimate of drug-likeness (QED) is 0.878. The maximum atomic E-state index is 12.2. The van der Waals surface area contributed by atoms with Gasteiger partial charge in [-0.1, -0.05) is 30.0 Å². The number of hydrogen-bond donors (Lipinski definition) is 1. The fourth-order valence-corrected chi connectivity index (χ4v) is 3.12. The van der Waals surface area contributed by atoms with Crippen LogP contribution in [0.25, 0.3) is 0 Å². The van der Waals surface area contributed by atoms with Crippen LogP contribution in [0.5, 0.6) is 0 Å². The van der Waals surface area contributed by atoms with Gasteiger partial charge in [0.25, 0.3) is 11.8 Å². The maximum Gasteiger partial charge on any atom is 0.323 e. The first-order valence-corrected chi connectivity index (χ1v) is 7.33. The molecule has 5 nitrogen and oxygen atoms in total. The predicted molar refractivity (Wildman–Crippen MR) is 80.0 cm³/mol. The van der Waals surface area contributed by atoms with Gasteiger partial charge in [-0.05, 0) is 30.3 Å². The second-order valence-corrected chi connectivity index (χ2v) is 5.86. The first kappa shape index (κ1) is 14.3. The van der Waals surface area contributed by atoms with Crippen molar-refractivity contribution < 1.29 is 19.5 Å². The molecule has 6 heteroatoms. The van der Waals surface area contributed by atoms with Crippen molar-refractivity contribution in [1.82, 2.24) is 4.90 Å². The summed E-state index contributed by atoms with van der Waals surface area (Å²) in [5.74, 6) is -2.33. The molecule has 110 valence electrons. The Labute approximate surface area is 130 Å². The molecular formula is C16H11NO4S. The van der Waals surface area contributed by atoms with Crippen LogP contribution in [0.3, 0.4) is 0 Å². The van der Waals surface area contributed by atoms with Crippen molar-refractivity contribution in [3.05, 3.63) is 59.7 Å². The average molecular weight is 313 g/mol. The van der Waals surface area contributed by atoms with Crippen LogP contribution < -0.4 is 0 Å². The van der Waals surface area contributed by atoms with E-state index in [9.17, 15) is 14.4 Å². The molecule has 0 radical (unpaired) electrons. The highest BCUT2D eigenvalue weighted by atomic mass is 32.2. The van der Waals surface area contributed by atoms with Gasteiger partial charge in [-0.15, -0.1) is 0 Å². The minimum atomic E-state index is -1.21. The SMILES string of the molecule is O=C(O)CN1C(=O)c2ccc(Sc3ccccc3)cc2C1=O. The average Bonchev–Trinajstić information content (AvgIpc) is 2.73. The molecule has 0 atom stereocenters. The van der Waals surface area contributed by atoms with Crippen molar-refractivity contribution in [3.8, 4) is 0 Å². The lowest BCUT2D eigenvalue weighted by Gasteiger charge is -2.09. The number of nitrogens with zero attached hydrogens (tertiary/aromatic N) is 1. The normalized spacial score (nSPS) is 13.4. The number of hydrogen-bond acceptors (Lipinski definition) is 4. The Bertz CT molecular complexity index is 773. The summed E-state index contributed by atoms with van der Waals surface area (Å²) >= 11 is 1.47. The summed E-state index contributed by atoms with van der Waals surface area (Å²) in [6, 6.07) is 14.6. The highest BCUT2D eigenvalue weighted by molar-refractivity contribution is 7.99. The van der Waals surface area contributed by atoms with Gasteiger partial charge >= 0.3 is 5.97 Å². The zero-order valence-corrected chi connectivity index (χ0v) is 12.2. The van der Waals surface area contributed by atoms with Crippen LogP contribution in [0.4, 0.5) is 0 Å². The predicted octanol–water partition coefficient (Wildman–Crippen LogP) is 2.52. The number of amides is 2. The monoisotopic (exact) mass is 313 g/mol. The van der Waals surface area contributed by atoms with Crippen molar-refractivity contribution in [3.63, 3.8) is 0 Å². The number of rotatable bonds is 4. The van der Waals surface area contributed by atoms with Crippen LogP contribution in [0, 0.1) is 0 Å². The lowest BCUT2D eigenvalue weighted by molar-refractivity contribution is -0.137. The first-order valence-electron chi connectivity index (χ1n) is 6.51. The Morgan fingerprint density at radius 3 is 2.32 bits per heavy atom. The minimum absolute atomic E-state index is 0.253. The van der Waals surface area contributed by atoms with Gasteiger partial charge in [0.2, 0.25) is 0 Å². The summed E-state index contributed by atoms with van der Waals surface area (Å²) in [7, 11) is 0. The Balaban J connectivity index is 1.90. The summed E-state index contributed by atoms with van der Waals surface area (Å²) in [6.07, 6.45) is 0. The van der Waals surface area contributed by atoms with E-state index in [0.29, 0.717) is 0 Å². The van der Waals surface area contributed by atoms with Crippen molar-refractivity contribution in [1.29, 1.82) is 0 Å². The molecule has 1 heterocycles. The lowest BCUT2D eigenvalue weighted by atomic mass is 10.1.